The Morgan fingerprint density at radius 1 is 1.31 bits per heavy atom. The zero-order valence-corrected chi connectivity index (χ0v) is 9.14. The second-order valence-electron chi connectivity index (χ2n) is 3.63. The van der Waals surface area contributed by atoms with Crippen LogP contribution >= 0.6 is 0 Å². The lowest BCUT2D eigenvalue weighted by Crippen LogP contribution is -2.03. The maximum atomic E-state index is 5.73. The largest absolute Gasteiger partial charge is 0.399 e. The third kappa shape index (κ3) is 2.48. The van der Waals surface area contributed by atoms with Gasteiger partial charge in [-0.25, -0.2) is 9.97 Å². The summed E-state index contributed by atoms with van der Waals surface area (Å²) >= 11 is 0. The Morgan fingerprint density at radius 2 is 2.19 bits per heavy atom. The Morgan fingerprint density at radius 3 is 2.94 bits per heavy atom. The van der Waals surface area contributed by atoms with Crippen molar-refractivity contribution in [1.82, 2.24) is 9.97 Å². The van der Waals surface area contributed by atoms with E-state index in [0.29, 0.717) is 6.54 Å². The molecular formula is C12H14N4. The first kappa shape index (κ1) is 10.4. The molecule has 0 aliphatic carbocycles. The lowest BCUT2D eigenvalue weighted by atomic mass is 10.2. The molecular weight excluding hydrogens is 200 g/mol. The van der Waals surface area contributed by atoms with Crippen molar-refractivity contribution in [1.29, 1.82) is 0 Å². The van der Waals surface area contributed by atoms with E-state index in [0.717, 1.165) is 17.1 Å². The predicted molar refractivity (Wildman–Crippen MR) is 65.0 cm³/mol. The van der Waals surface area contributed by atoms with Gasteiger partial charge in [0.05, 0.1) is 12.2 Å². The lowest BCUT2D eigenvalue weighted by molar-refractivity contribution is 1.00. The van der Waals surface area contributed by atoms with Crippen LogP contribution in [0.3, 0.4) is 0 Å². The second-order valence-corrected chi connectivity index (χ2v) is 3.63. The topological polar surface area (TPSA) is 63.8 Å². The molecule has 0 saturated heterocycles. The molecule has 1 aromatic heterocycles. The number of nitrogens with two attached hydrogens (primary N) is 1. The highest BCUT2D eigenvalue weighted by Crippen LogP contribution is 2.18. The molecule has 0 atom stereocenters. The van der Waals surface area contributed by atoms with Crippen LogP contribution in [0.15, 0.2) is 36.8 Å². The van der Waals surface area contributed by atoms with E-state index in [1.165, 1.54) is 5.56 Å². The normalized spacial score (nSPS) is 10.1. The summed E-state index contributed by atoms with van der Waals surface area (Å²) < 4.78 is 0. The zero-order chi connectivity index (χ0) is 11.4. The molecule has 0 spiro atoms. The van der Waals surface area contributed by atoms with Crippen LogP contribution in [0.1, 0.15) is 11.3 Å². The molecule has 0 radical (unpaired) electrons. The monoisotopic (exact) mass is 214 g/mol. The molecule has 0 bridgehead atoms. The summed E-state index contributed by atoms with van der Waals surface area (Å²) in [5, 5.41) is 3.30. The van der Waals surface area contributed by atoms with Gasteiger partial charge in [-0.2, -0.15) is 0 Å². The number of anilines is 2. The van der Waals surface area contributed by atoms with Gasteiger partial charge in [0.2, 0.25) is 0 Å². The summed E-state index contributed by atoms with van der Waals surface area (Å²) in [6.07, 6.45) is 3.28. The molecule has 82 valence electrons. The summed E-state index contributed by atoms with van der Waals surface area (Å²) in [6, 6.07) is 7.70. The number of nitrogens with zero attached hydrogens (tertiary/aromatic N) is 2. The number of aromatic nitrogens is 2. The maximum absolute atomic E-state index is 5.73. The molecule has 1 aromatic carbocycles. The van der Waals surface area contributed by atoms with E-state index in [-0.39, 0.29) is 0 Å². The molecule has 0 fully saturated rings. The van der Waals surface area contributed by atoms with Crippen LogP contribution in [0, 0.1) is 6.92 Å². The molecule has 2 aromatic rings. The first-order valence-corrected chi connectivity index (χ1v) is 5.10. The smallest absolute Gasteiger partial charge is 0.115 e. The number of nitrogen functional groups attached to an aromatic ring is 1. The van der Waals surface area contributed by atoms with Gasteiger partial charge in [0.15, 0.2) is 0 Å². The quantitative estimate of drug-likeness (QED) is 0.767. The zero-order valence-electron chi connectivity index (χ0n) is 9.14. The van der Waals surface area contributed by atoms with E-state index in [4.69, 9.17) is 5.73 Å². The summed E-state index contributed by atoms with van der Waals surface area (Å²) in [7, 11) is 0. The first-order chi connectivity index (χ1) is 7.75. The third-order valence-corrected chi connectivity index (χ3v) is 2.36. The summed E-state index contributed by atoms with van der Waals surface area (Å²) in [4.78, 5) is 8.01. The number of hydrogen-bond acceptors (Lipinski definition) is 4. The van der Waals surface area contributed by atoms with Crippen LogP contribution in [0.2, 0.25) is 0 Å². The van der Waals surface area contributed by atoms with Crippen molar-refractivity contribution in [3.8, 4) is 0 Å². The summed E-state index contributed by atoms with van der Waals surface area (Å²) in [5.41, 5.74) is 9.66. The Balaban J connectivity index is 2.08. The van der Waals surface area contributed by atoms with Crippen molar-refractivity contribution >= 4 is 11.4 Å². The van der Waals surface area contributed by atoms with Crippen LogP contribution in [0.4, 0.5) is 11.4 Å². The molecule has 0 saturated carbocycles. The van der Waals surface area contributed by atoms with Crippen molar-refractivity contribution in [2.24, 2.45) is 0 Å². The molecule has 0 aliphatic rings. The van der Waals surface area contributed by atoms with E-state index in [1.54, 1.807) is 12.5 Å². The van der Waals surface area contributed by atoms with E-state index < -0.39 is 0 Å². The van der Waals surface area contributed by atoms with Crippen molar-refractivity contribution in [3.05, 3.63) is 48.0 Å². The number of hydrogen-bond donors (Lipinski definition) is 2. The van der Waals surface area contributed by atoms with Crippen LogP contribution < -0.4 is 11.1 Å². The molecule has 4 nitrogen and oxygen atoms in total. The minimum Gasteiger partial charge on any atom is -0.399 e. The average molecular weight is 214 g/mol. The number of aryl methyl sites for hydroxylation is 1. The lowest BCUT2D eigenvalue weighted by Gasteiger charge is -2.09. The molecule has 3 N–H and O–H groups in total. The van der Waals surface area contributed by atoms with Crippen molar-refractivity contribution in [2.45, 2.75) is 13.5 Å². The Hall–Kier alpha value is -2.10. The highest BCUT2D eigenvalue weighted by molar-refractivity contribution is 5.59. The second kappa shape index (κ2) is 4.61. The average Bonchev–Trinajstić information content (AvgIpc) is 2.32. The van der Waals surface area contributed by atoms with E-state index in [9.17, 15) is 0 Å². The molecule has 16 heavy (non-hydrogen) atoms. The minimum atomic E-state index is 0.673. The van der Waals surface area contributed by atoms with Crippen LogP contribution in [-0.2, 0) is 6.54 Å². The number of rotatable bonds is 3. The van der Waals surface area contributed by atoms with Gasteiger partial charge in [0.25, 0.3) is 0 Å². The highest BCUT2D eigenvalue weighted by atomic mass is 14.9. The van der Waals surface area contributed by atoms with Crippen molar-refractivity contribution in [3.63, 3.8) is 0 Å². The number of nitrogens with one attached hydrogen (secondary N) is 1. The van der Waals surface area contributed by atoms with Crippen molar-refractivity contribution in [2.75, 3.05) is 11.1 Å². The fourth-order valence-electron chi connectivity index (χ4n) is 1.44. The summed E-state index contributed by atoms with van der Waals surface area (Å²) in [5.74, 6) is 0. The van der Waals surface area contributed by atoms with Gasteiger partial charge in [0.1, 0.15) is 6.33 Å². The van der Waals surface area contributed by atoms with Gasteiger partial charge >= 0.3 is 0 Å². The molecule has 2 rings (SSSR count). The fraction of sp³-hybridized carbons (Fsp3) is 0.167. The molecule has 4 heteroatoms. The van der Waals surface area contributed by atoms with Crippen LogP contribution in [0.25, 0.3) is 0 Å². The number of benzene rings is 1. The van der Waals surface area contributed by atoms with Crippen molar-refractivity contribution < 1.29 is 0 Å². The van der Waals surface area contributed by atoms with E-state index >= 15 is 0 Å². The van der Waals surface area contributed by atoms with Gasteiger partial charge in [-0.1, -0.05) is 6.07 Å². The highest BCUT2D eigenvalue weighted by Gasteiger charge is 1.99. The Labute approximate surface area is 94.5 Å². The molecule has 0 unspecified atom stereocenters. The van der Waals surface area contributed by atoms with E-state index in [2.05, 4.69) is 15.3 Å². The third-order valence-electron chi connectivity index (χ3n) is 2.36. The summed E-state index contributed by atoms with van der Waals surface area (Å²) in [6.45, 7) is 2.72. The SMILES string of the molecule is Cc1ccc(N)cc1NCc1ccncn1. The van der Waals surface area contributed by atoms with E-state index in [1.807, 2.05) is 31.2 Å². The Kier molecular flexibility index (Phi) is 3.00. The van der Waals surface area contributed by atoms with Gasteiger partial charge in [-0.15, -0.1) is 0 Å². The standard InChI is InChI=1S/C12H14N4/c1-9-2-3-10(13)6-12(9)15-7-11-4-5-14-8-16-11/h2-6,8,15H,7,13H2,1H3. The van der Waals surface area contributed by atoms with Crippen LogP contribution in [0.5, 0.6) is 0 Å². The minimum absolute atomic E-state index is 0.673. The van der Waals surface area contributed by atoms with Gasteiger partial charge in [0, 0.05) is 17.6 Å². The molecule has 0 amide bonds. The van der Waals surface area contributed by atoms with Gasteiger partial charge < -0.3 is 11.1 Å². The van der Waals surface area contributed by atoms with Gasteiger partial charge in [-0.3, -0.25) is 0 Å². The maximum Gasteiger partial charge on any atom is 0.115 e. The first-order valence-electron chi connectivity index (χ1n) is 5.10. The van der Waals surface area contributed by atoms with Crippen LogP contribution in [-0.4, -0.2) is 9.97 Å². The predicted octanol–water partition coefficient (Wildman–Crippen LogP) is 1.98. The fourth-order valence-corrected chi connectivity index (χ4v) is 1.44. The Bertz CT molecular complexity index is 468. The molecule has 1 heterocycles. The van der Waals surface area contributed by atoms with Gasteiger partial charge in [-0.05, 0) is 30.7 Å². The molecule has 0 aliphatic heterocycles.